The minimum Gasteiger partial charge on any atom is -0.349 e. The second kappa shape index (κ2) is 5.96. The molecule has 0 atom stereocenters. The average Bonchev–Trinajstić information content (AvgIpc) is 3.01. The van der Waals surface area contributed by atoms with Crippen LogP contribution in [0, 0.1) is 20.8 Å². The summed E-state index contributed by atoms with van der Waals surface area (Å²) < 4.78 is 3.33. The van der Waals surface area contributed by atoms with Gasteiger partial charge in [0.25, 0.3) is 5.91 Å². The Morgan fingerprint density at radius 1 is 1.30 bits per heavy atom. The summed E-state index contributed by atoms with van der Waals surface area (Å²) in [5.74, 6) is -0.195. The molecule has 3 aromatic rings. The molecule has 0 saturated carbocycles. The quantitative estimate of drug-likeness (QED) is 0.781. The molecule has 7 nitrogen and oxygen atoms in total. The Morgan fingerprint density at radius 2 is 2.09 bits per heavy atom. The maximum absolute atomic E-state index is 12.4. The third kappa shape index (κ3) is 2.89. The van der Waals surface area contributed by atoms with Crippen LogP contribution in [0.25, 0.3) is 4.96 Å². The first-order valence-corrected chi connectivity index (χ1v) is 8.11. The van der Waals surface area contributed by atoms with E-state index < -0.39 is 0 Å². The van der Waals surface area contributed by atoms with E-state index >= 15 is 0 Å². The fraction of sp³-hybridized carbons (Fsp3) is 0.333. The van der Waals surface area contributed by atoms with E-state index in [4.69, 9.17) is 0 Å². The molecule has 0 spiro atoms. The summed E-state index contributed by atoms with van der Waals surface area (Å²) in [7, 11) is 0. The van der Waals surface area contributed by atoms with Gasteiger partial charge in [-0.15, -0.1) is 11.3 Å². The van der Waals surface area contributed by atoms with Gasteiger partial charge in [-0.05, 0) is 26.8 Å². The highest BCUT2D eigenvalue weighted by Crippen LogP contribution is 2.16. The predicted molar refractivity (Wildman–Crippen MR) is 88.1 cm³/mol. The Balaban J connectivity index is 1.72. The number of hydrogen-bond donors (Lipinski definition) is 1. The molecule has 1 amide bonds. The molecule has 0 radical (unpaired) electrons. The molecule has 23 heavy (non-hydrogen) atoms. The van der Waals surface area contributed by atoms with E-state index in [1.807, 2.05) is 31.5 Å². The number of nitrogens with one attached hydrogen (secondary N) is 1. The normalized spacial score (nSPS) is 11.1. The Hall–Kier alpha value is -2.48. The van der Waals surface area contributed by atoms with Crippen LogP contribution in [-0.4, -0.2) is 31.4 Å². The molecule has 8 heteroatoms. The van der Waals surface area contributed by atoms with E-state index in [2.05, 4.69) is 15.3 Å². The van der Waals surface area contributed by atoms with Gasteiger partial charge >= 0.3 is 5.69 Å². The highest BCUT2D eigenvalue weighted by Gasteiger charge is 2.16. The molecule has 3 rings (SSSR count). The van der Waals surface area contributed by atoms with E-state index in [0.29, 0.717) is 30.2 Å². The van der Waals surface area contributed by atoms with Crippen LogP contribution in [0.4, 0.5) is 0 Å². The fourth-order valence-corrected chi connectivity index (χ4v) is 3.34. The first-order valence-electron chi connectivity index (χ1n) is 7.23. The zero-order valence-electron chi connectivity index (χ0n) is 13.2. The van der Waals surface area contributed by atoms with Gasteiger partial charge in [-0.2, -0.15) is 4.98 Å². The number of carbonyl (C=O) groups is 1. The number of nitrogens with zero attached hydrogens (tertiary/aromatic N) is 4. The third-order valence-corrected chi connectivity index (χ3v) is 4.38. The first-order chi connectivity index (χ1) is 11.0. The molecule has 0 fully saturated rings. The van der Waals surface area contributed by atoms with Crippen molar-refractivity contribution in [3.8, 4) is 0 Å². The largest absolute Gasteiger partial charge is 0.349 e. The van der Waals surface area contributed by atoms with Gasteiger partial charge < -0.3 is 5.32 Å². The molecule has 0 aromatic carbocycles. The van der Waals surface area contributed by atoms with Gasteiger partial charge in [0, 0.05) is 36.1 Å². The molecule has 120 valence electrons. The predicted octanol–water partition coefficient (Wildman–Crippen LogP) is 1.31. The Bertz CT molecular complexity index is 937. The van der Waals surface area contributed by atoms with E-state index in [1.54, 1.807) is 15.9 Å². The molecule has 3 aromatic heterocycles. The zero-order valence-corrected chi connectivity index (χ0v) is 14.0. The number of imidazole rings is 1. The van der Waals surface area contributed by atoms with E-state index in [0.717, 1.165) is 10.7 Å². The fourth-order valence-electron chi connectivity index (χ4n) is 2.58. The van der Waals surface area contributed by atoms with Crippen LogP contribution in [0.2, 0.25) is 0 Å². The van der Waals surface area contributed by atoms with Crippen molar-refractivity contribution in [1.82, 2.24) is 24.3 Å². The summed E-state index contributed by atoms with van der Waals surface area (Å²) in [5.41, 5.74) is 2.46. The first kappa shape index (κ1) is 15.4. The molecule has 1 N–H and O–H groups in total. The number of carbonyl (C=O) groups excluding carboxylic acids is 1. The van der Waals surface area contributed by atoms with Gasteiger partial charge in [0.1, 0.15) is 5.69 Å². The van der Waals surface area contributed by atoms with Gasteiger partial charge in [0.05, 0.1) is 5.69 Å². The minimum absolute atomic E-state index is 0.195. The van der Waals surface area contributed by atoms with Crippen molar-refractivity contribution in [2.24, 2.45) is 0 Å². The van der Waals surface area contributed by atoms with Crippen molar-refractivity contribution >= 4 is 22.2 Å². The maximum Gasteiger partial charge on any atom is 0.348 e. The number of hydrogen-bond acceptors (Lipinski definition) is 5. The van der Waals surface area contributed by atoms with Gasteiger partial charge in [0.15, 0.2) is 4.96 Å². The molecule has 0 saturated heterocycles. The van der Waals surface area contributed by atoms with E-state index in [9.17, 15) is 9.59 Å². The summed E-state index contributed by atoms with van der Waals surface area (Å²) in [4.78, 5) is 33.3. The smallest absolute Gasteiger partial charge is 0.348 e. The lowest BCUT2D eigenvalue weighted by atomic mass is 10.3. The van der Waals surface area contributed by atoms with Crippen molar-refractivity contribution in [3.05, 3.63) is 50.9 Å². The van der Waals surface area contributed by atoms with Crippen molar-refractivity contribution < 1.29 is 4.79 Å². The van der Waals surface area contributed by atoms with Gasteiger partial charge in [-0.1, -0.05) is 0 Å². The van der Waals surface area contributed by atoms with Crippen LogP contribution in [0.1, 0.15) is 27.6 Å². The number of thiazole rings is 1. The molecular formula is C15H17N5O2S. The van der Waals surface area contributed by atoms with Crippen LogP contribution >= 0.6 is 11.3 Å². The number of fused-ring (bicyclic) bond motifs is 1. The zero-order chi connectivity index (χ0) is 16.6. The highest BCUT2D eigenvalue weighted by atomic mass is 32.1. The second-order valence-corrected chi connectivity index (χ2v) is 6.20. The van der Waals surface area contributed by atoms with Gasteiger partial charge in [-0.3, -0.25) is 13.8 Å². The monoisotopic (exact) mass is 331 g/mol. The molecule has 0 bridgehead atoms. The molecule has 0 aliphatic carbocycles. The number of rotatable bonds is 4. The SMILES string of the molecule is Cc1cc(C)n(CCNC(=O)c2c(C)nc3sccn23)c(=O)n1. The number of aromatic nitrogens is 4. The average molecular weight is 331 g/mol. The minimum atomic E-state index is -0.294. The lowest BCUT2D eigenvalue weighted by Gasteiger charge is -2.10. The molecule has 3 heterocycles. The summed E-state index contributed by atoms with van der Waals surface area (Å²) in [6.45, 7) is 6.19. The highest BCUT2D eigenvalue weighted by molar-refractivity contribution is 7.15. The summed E-state index contributed by atoms with van der Waals surface area (Å²) in [5, 5.41) is 4.73. The van der Waals surface area contributed by atoms with Gasteiger partial charge in [-0.25, -0.2) is 9.78 Å². The number of amides is 1. The number of aryl methyl sites for hydroxylation is 3. The van der Waals surface area contributed by atoms with Crippen molar-refractivity contribution in [1.29, 1.82) is 0 Å². The lowest BCUT2D eigenvalue weighted by molar-refractivity contribution is 0.0945. The molecule has 0 unspecified atom stereocenters. The topological polar surface area (TPSA) is 81.3 Å². The van der Waals surface area contributed by atoms with Gasteiger partial charge in [0.2, 0.25) is 0 Å². The Morgan fingerprint density at radius 3 is 2.83 bits per heavy atom. The van der Waals surface area contributed by atoms with Crippen LogP contribution in [0.3, 0.4) is 0 Å². The van der Waals surface area contributed by atoms with Crippen molar-refractivity contribution in [2.75, 3.05) is 6.54 Å². The molecular weight excluding hydrogens is 314 g/mol. The van der Waals surface area contributed by atoms with Crippen molar-refractivity contribution in [3.63, 3.8) is 0 Å². The van der Waals surface area contributed by atoms with Crippen LogP contribution < -0.4 is 11.0 Å². The van der Waals surface area contributed by atoms with Crippen molar-refractivity contribution in [2.45, 2.75) is 27.3 Å². The van der Waals surface area contributed by atoms with E-state index in [1.165, 1.54) is 11.3 Å². The lowest BCUT2D eigenvalue weighted by Crippen LogP contribution is -2.33. The standard InChI is InChI=1S/C15H17N5O2S/c1-9-8-10(2)19(14(22)17-9)5-4-16-13(21)12-11(3)18-15-20(12)6-7-23-15/h6-8H,4-5H2,1-3H3,(H,16,21). The Kier molecular flexibility index (Phi) is 3.99. The third-order valence-electron chi connectivity index (χ3n) is 3.62. The summed E-state index contributed by atoms with van der Waals surface area (Å²) >= 11 is 1.48. The summed E-state index contributed by atoms with van der Waals surface area (Å²) in [6.07, 6.45) is 1.83. The maximum atomic E-state index is 12.4. The second-order valence-electron chi connectivity index (χ2n) is 5.33. The molecule has 0 aliphatic rings. The van der Waals surface area contributed by atoms with Crippen LogP contribution in [-0.2, 0) is 6.54 Å². The van der Waals surface area contributed by atoms with Crippen LogP contribution in [0.15, 0.2) is 22.4 Å². The summed E-state index contributed by atoms with van der Waals surface area (Å²) in [6, 6.07) is 1.85. The molecule has 0 aliphatic heterocycles. The Labute approximate surface area is 136 Å². The van der Waals surface area contributed by atoms with E-state index in [-0.39, 0.29) is 11.6 Å². The van der Waals surface area contributed by atoms with Crippen LogP contribution in [0.5, 0.6) is 0 Å².